The number of rotatable bonds is 5. The molecule has 0 spiro atoms. The molecule has 6 heteroatoms. The largest absolute Gasteiger partial charge is 0.494 e. The van der Waals surface area contributed by atoms with E-state index >= 15 is 0 Å². The van der Waals surface area contributed by atoms with Crippen LogP contribution in [0.5, 0.6) is 5.75 Å². The molecule has 4 nitrogen and oxygen atoms in total. The fourth-order valence-electron chi connectivity index (χ4n) is 3.55. The number of hydrogen-bond donors (Lipinski definition) is 1. The molecule has 1 N–H and O–H groups in total. The smallest absolute Gasteiger partial charge is 0.306 e. The van der Waals surface area contributed by atoms with Gasteiger partial charge in [0, 0.05) is 4.47 Å². The monoisotopic (exact) mass is 421 g/mol. The average molecular weight is 422 g/mol. The summed E-state index contributed by atoms with van der Waals surface area (Å²) in [6.07, 6.45) is 1.19. The van der Waals surface area contributed by atoms with Crippen LogP contribution < -0.4 is 4.74 Å². The van der Waals surface area contributed by atoms with Gasteiger partial charge >= 0.3 is 5.97 Å². The van der Waals surface area contributed by atoms with E-state index in [0.29, 0.717) is 25.9 Å². The van der Waals surface area contributed by atoms with Gasteiger partial charge in [0.15, 0.2) is 11.6 Å². The summed E-state index contributed by atoms with van der Waals surface area (Å²) in [5.41, 5.74) is 1.87. The van der Waals surface area contributed by atoms with E-state index in [1.807, 2.05) is 30.3 Å². The number of likely N-dealkylation sites (tertiary alicyclic amines) is 1. The molecule has 0 radical (unpaired) electrons. The highest BCUT2D eigenvalue weighted by Crippen LogP contribution is 2.35. The quantitative estimate of drug-likeness (QED) is 0.772. The van der Waals surface area contributed by atoms with Crippen molar-refractivity contribution in [1.82, 2.24) is 4.90 Å². The Labute approximate surface area is 160 Å². The van der Waals surface area contributed by atoms with Crippen molar-refractivity contribution < 1.29 is 19.0 Å². The summed E-state index contributed by atoms with van der Waals surface area (Å²) in [5.74, 6) is -1.22. The van der Waals surface area contributed by atoms with E-state index in [-0.39, 0.29) is 17.7 Å². The zero-order valence-corrected chi connectivity index (χ0v) is 16.1. The first kappa shape index (κ1) is 18.9. The van der Waals surface area contributed by atoms with Crippen LogP contribution in [-0.4, -0.2) is 36.2 Å². The van der Waals surface area contributed by atoms with Crippen LogP contribution in [0.25, 0.3) is 0 Å². The standard InChI is InChI=1S/C20H21BrFNO3/c1-26-18-6-5-15(12-17(18)22)19(14-3-2-4-16(21)11-14)23-9-7-13(8-10-23)20(24)25/h2-6,11-13,19H,7-10H2,1H3,(H,24,25). The Bertz CT molecular complexity index is 790. The number of nitrogens with zero attached hydrogens (tertiary/aromatic N) is 1. The minimum absolute atomic E-state index is 0.136. The van der Waals surface area contributed by atoms with Gasteiger partial charge in [-0.05, 0) is 61.3 Å². The first-order chi connectivity index (χ1) is 12.5. The summed E-state index contributed by atoms with van der Waals surface area (Å²) in [5, 5.41) is 9.24. The Morgan fingerprint density at radius 3 is 2.50 bits per heavy atom. The number of piperidine rings is 1. The number of carboxylic acids is 1. The van der Waals surface area contributed by atoms with Crippen LogP contribution in [0, 0.1) is 11.7 Å². The Morgan fingerprint density at radius 1 is 1.23 bits per heavy atom. The normalized spacial score (nSPS) is 17.0. The molecule has 2 aromatic carbocycles. The Hall–Kier alpha value is -1.92. The highest BCUT2D eigenvalue weighted by atomic mass is 79.9. The third-order valence-corrected chi connectivity index (χ3v) is 5.39. The number of carboxylic acid groups (broad SMARTS) is 1. The van der Waals surface area contributed by atoms with Gasteiger partial charge in [0.1, 0.15) is 0 Å². The number of aliphatic carboxylic acids is 1. The van der Waals surface area contributed by atoms with Gasteiger partial charge in [0.25, 0.3) is 0 Å². The second-order valence-corrected chi connectivity index (χ2v) is 7.42. The van der Waals surface area contributed by atoms with Crippen LogP contribution >= 0.6 is 15.9 Å². The SMILES string of the molecule is COc1ccc(C(c2cccc(Br)c2)N2CCC(C(=O)O)CC2)cc1F. The van der Waals surface area contributed by atoms with Crippen molar-refractivity contribution in [3.63, 3.8) is 0 Å². The van der Waals surface area contributed by atoms with Gasteiger partial charge in [-0.3, -0.25) is 9.69 Å². The highest BCUT2D eigenvalue weighted by Gasteiger charge is 2.30. The van der Waals surface area contributed by atoms with Crippen LogP contribution in [0.2, 0.25) is 0 Å². The summed E-state index contributed by atoms with van der Waals surface area (Å²) < 4.78 is 20.3. The Morgan fingerprint density at radius 2 is 1.92 bits per heavy atom. The third-order valence-electron chi connectivity index (χ3n) is 4.90. The van der Waals surface area contributed by atoms with Crippen LogP contribution in [0.3, 0.4) is 0 Å². The van der Waals surface area contributed by atoms with Gasteiger partial charge in [0.05, 0.1) is 19.1 Å². The molecule has 1 aliphatic rings. The lowest BCUT2D eigenvalue weighted by Gasteiger charge is -2.37. The number of halogens is 2. The van der Waals surface area contributed by atoms with Crippen molar-refractivity contribution in [3.05, 3.63) is 63.9 Å². The van der Waals surface area contributed by atoms with Crippen molar-refractivity contribution in [1.29, 1.82) is 0 Å². The lowest BCUT2D eigenvalue weighted by Crippen LogP contribution is -2.39. The van der Waals surface area contributed by atoms with Gasteiger partial charge in [-0.15, -0.1) is 0 Å². The molecule has 1 atom stereocenters. The lowest BCUT2D eigenvalue weighted by molar-refractivity contribution is -0.143. The predicted molar refractivity (Wildman–Crippen MR) is 101 cm³/mol. The summed E-state index contributed by atoms with van der Waals surface area (Å²) >= 11 is 3.50. The van der Waals surface area contributed by atoms with Crippen molar-refractivity contribution in [2.45, 2.75) is 18.9 Å². The molecule has 0 amide bonds. The molecule has 0 aliphatic carbocycles. The Kier molecular flexibility index (Phi) is 5.94. The number of benzene rings is 2. The first-order valence-electron chi connectivity index (χ1n) is 8.55. The number of ether oxygens (including phenoxy) is 1. The summed E-state index contributed by atoms with van der Waals surface area (Å²) in [7, 11) is 1.44. The van der Waals surface area contributed by atoms with Gasteiger partial charge in [-0.1, -0.05) is 34.1 Å². The molecule has 1 heterocycles. The van der Waals surface area contributed by atoms with Gasteiger partial charge < -0.3 is 9.84 Å². The van der Waals surface area contributed by atoms with Gasteiger partial charge in [-0.2, -0.15) is 0 Å². The van der Waals surface area contributed by atoms with E-state index in [0.717, 1.165) is 15.6 Å². The number of carbonyl (C=O) groups is 1. The second-order valence-electron chi connectivity index (χ2n) is 6.50. The van der Waals surface area contributed by atoms with E-state index in [9.17, 15) is 14.3 Å². The minimum Gasteiger partial charge on any atom is -0.494 e. The van der Waals surface area contributed by atoms with Crippen LogP contribution in [0.4, 0.5) is 4.39 Å². The maximum atomic E-state index is 14.3. The molecular formula is C20H21BrFNO3. The average Bonchev–Trinajstić information content (AvgIpc) is 2.63. The molecule has 0 aromatic heterocycles. The van der Waals surface area contributed by atoms with Crippen LogP contribution in [0.1, 0.15) is 30.0 Å². The molecule has 0 saturated carbocycles. The molecule has 26 heavy (non-hydrogen) atoms. The van der Waals surface area contributed by atoms with E-state index in [4.69, 9.17) is 4.74 Å². The molecule has 0 bridgehead atoms. The highest BCUT2D eigenvalue weighted by molar-refractivity contribution is 9.10. The minimum atomic E-state index is -0.737. The summed E-state index contributed by atoms with van der Waals surface area (Å²) in [6.45, 7) is 1.31. The second kappa shape index (κ2) is 8.18. The fourth-order valence-corrected chi connectivity index (χ4v) is 3.97. The topological polar surface area (TPSA) is 49.8 Å². The summed E-state index contributed by atoms with van der Waals surface area (Å²) in [4.78, 5) is 13.5. The molecule has 1 fully saturated rings. The molecular weight excluding hydrogens is 401 g/mol. The zero-order valence-electron chi connectivity index (χ0n) is 14.5. The van der Waals surface area contributed by atoms with Crippen molar-refractivity contribution in [2.75, 3.05) is 20.2 Å². The van der Waals surface area contributed by atoms with Crippen molar-refractivity contribution in [3.8, 4) is 5.75 Å². The van der Waals surface area contributed by atoms with E-state index in [1.165, 1.54) is 13.2 Å². The molecule has 1 saturated heterocycles. The molecule has 1 unspecified atom stereocenters. The van der Waals surface area contributed by atoms with Gasteiger partial charge in [0.2, 0.25) is 0 Å². The summed E-state index contributed by atoms with van der Waals surface area (Å²) in [6, 6.07) is 12.8. The van der Waals surface area contributed by atoms with E-state index in [1.54, 1.807) is 6.07 Å². The Balaban J connectivity index is 1.95. The molecule has 3 rings (SSSR count). The van der Waals surface area contributed by atoms with Crippen LogP contribution in [-0.2, 0) is 4.79 Å². The van der Waals surface area contributed by atoms with E-state index in [2.05, 4.69) is 20.8 Å². The maximum Gasteiger partial charge on any atom is 0.306 e. The third kappa shape index (κ3) is 4.07. The first-order valence-corrected chi connectivity index (χ1v) is 9.34. The van der Waals surface area contributed by atoms with Gasteiger partial charge in [-0.25, -0.2) is 4.39 Å². The van der Waals surface area contributed by atoms with E-state index < -0.39 is 11.8 Å². The van der Waals surface area contributed by atoms with Crippen molar-refractivity contribution >= 4 is 21.9 Å². The lowest BCUT2D eigenvalue weighted by atomic mass is 9.91. The number of hydrogen-bond acceptors (Lipinski definition) is 3. The molecule has 1 aliphatic heterocycles. The van der Waals surface area contributed by atoms with Crippen molar-refractivity contribution in [2.24, 2.45) is 5.92 Å². The number of methoxy groups -OCH3 is 1. The molecule has 2 aromatic rings. The fraction of sp³-hybridized carbons (Fsp3) is 0.350. The predicted octanol–water partition coefficient (Wildman–Crippen LogP) is 4.48. The maximum absolute atomic E-state index is 14.3. The zero-order chi connectivity index (χ0) is 18.7. The van der Waals surface area contributed by atoms with Crippen LogP contribution in [0.15, 0.2) is 46.9 Å². The molecule has 138 valence electrons.